The maximum atomic E-state index is 12.9. The smallest absolute Gasteiger partial charge is 0.323 e. The van der Waals surface area contributed by atoms with E-state index in [0.29, 0.717) is 6.67 Å². The normalized spacial score (nSPS) is 27.8. The number of amides is 3. The fraction of sp³-hybridized carbons (Fsp3) is 0.600. The summed E-state index contributed by atoms with van der Waals surface area (Å²) in [6.07, 6.45) is 4.80. The van der Waals surface area contributed by atoms with Crippen LogP contribution in [-0.4, -0.2) is 55.2 Å². The van der Waals surface area contributed by atoms with Crippen molar-refractivity contribution in [1.29, 1.82) is 0 Å². The number of benzene rings is 1. The molecule has 4 rings (SSSR count). The Morgan fingerprint density at radius 1 is 1.04 bits per heavy atom. The number of imide groups is 1. The summed E-state index contributed by atoms with van der Waals surface area (Å²) in [7, 11) is 0. The molecule has 3 aliphatic rings. The Morgan fingerprint density at radius 3 is 2.44 bits per heavy atom. The highest BCUT2D eigenvalue weighted by Gasteiger charge is 2.52. The highest BCUT2D eigenvalue weighted by molar-refractivity contribution is 6.30. The number of quaternary nitrogens is 2. The summed E-state index contributed by atoms with van der Waals surface area (Å²) in [6, 6.07) is 7.86. The second-order valence-corrected chi connectivity index (χ2v) is 8.71. The second kappa shape index (κ2) is 7.78. The van der Waals surface area contributed by atoms with Crippen LogP contribution >= 0.6 is 11.6 Å². The van der Waals surface area contributed by atoms with Crippen LogP contribution in [-0.2, 0) is 11.3 Å². The number of halogens is 1. The highest BCUT2D eigenvalue weighted by Crippen LogP contribution is 2.33. The van der Waals surface area contributed by atoms with Gasteiger partial charge in [0, 0.05) is 10.6 Å². The Hall–Kier alpha value is -1.63. The second-order valence-electron chi connectivity index (χ2n) is 8.27. The van der Waals surface area contributed by atoms with Gasteiger partial charge in [0.2, 0.25) is 0 Å². The summed E-state index contributed by atoms with van der Waals surface area (Å²) in [5.41, 5.74) is 0.656. The van der Waals surface area contributed by atoms with E-state index in [-0.39, 0.29) is 11.9 Å². The van der Waals surface area contributed by atoms with Crippen molar-refractivity contribution < 1.29 is 19.4 Å². The van der Waals surface area contributed by atoms with Crippen LogP contribution in [0.1, 0.15) is 37.7 Å². The first-order chi connectivity index (χ1) is 13.1. The molecule has 0 bridgehead atoms. The molecule has 0 atom stereocenters. The molecular formula is C20H29ClN4O2+2. The average molecular weight is 393 g/mol. The molecule has 1 aromatic carbocycles. The molecule has 1 aromatic rings. The lowest BCUT2D eigenvalue weighted by atomic mass is 9.82. The van der Waals surface area contributed by atoms with E-state index in [1.807, 2.05) is 18.2 Å². The molecule has 27 heavy (non-hydrogen) atoms. The highest BCUT2D eigenvalue weighted by atomic mass is 35.5. The molecule has 2 aliphatic heterocycles. The summed E-state index contributed by atoms with van der Waals surface area (Å²) < 4.78 is 0. The summed E-state index contributed by atoms with van der Waals surface area (Å²) >= 11 is 6.08. The van der Waals surface area contributed by atoms with Gasteiger partial charge < -0.3 is 15.1 Å². The summed E-state index contributed by atoms with van der Waals surface area (Å²) in [5, 5.41) is 3.80. The Morgan fingerprint density at radius 2 is 1.74 bits per heavy atom. The van der Waals surface area contributed by atoms with E-state index >= 15 is 0 Å². The lowest BCUT2D eigenvalue weighted by Crippen LogP contribution is -3.28. The molecule has 3 fully saturated rings. The fourth-order valence-corrected chi connectivity index (χ4v) is 4.98. The van der Waals surface area contributed by atoms with Crippen LogP contribution in [0, 0.1) is 0 Å². The third-order valence-electron chi connectivity index (χ3n) is 6.34. The van der Waals surface area contributed by atoms with Gasteiger partial charge in [0.15, 0.2) is 6.67 Å². The molecule has 1 saturated carbocycles. The van der Waals surface area contributed by atoms with E-state index in [4.69, 9.17) is 11.6 Å². The predicted molar refractivity (Wildman–Crippen MR) is 103 cm³/mol. The van der Waals surface area contributed by atoms with Crippen molar-refractivity contribution in [2.24, 2.45) is 0 Å². The summed E-state index contributed by atoms with van der Waals surface area (Å²) in [4.78, 5) is 29.7. The van der Waals surface area contributed by atoms with Crippen LogP contribution < -0.4 is 15.1 Å². The van der Waals surface area contributed by atoms with Gasteiger partial charge >= 0.3 is 6.03 Å². The SMILES string of the molecule is O=C1NC2(CCCCC2)C(=O)N1C[NH+]1CC[NH+](Cc2cccc(Cl)c2)CC1. The van der Waals surface area contributed by atoms with E-state index in [2.05, 4.69) is 11.4 Å². The number of rotatable bonds is 4. The van der Waals surface area contributed by atoms with Gasteiger partial charge in [0.1, 0.15) is 38.3 Å². The van der Waals surface area contributed by atoms with Crippen LogP contribution in [0.5, 0.6) is 0 Å². The van der Waals surface area contributed by atoms with E-state index in [1.165, 1.54) is 20.3 Å². The van der Waals surface area contributed by atoms with E-state index in [9.17, 15) is 9.59 Å². The van der Waals surface area contributed by atoms with Crippen molar-refractivity contribution in [3.05, 3.63) is 34.9 Å². The number of carbonyl (C=O) groups excluding carboxylic acids is 2. The van der Waals surface area contributed by atoms with E-state index < -0.39 is 5.54 Å². The molecule has 146 valence electrons. The third kappa shape index (κ3) is 3.98. The first-order valence-electron chi connectivity index (χ1n) is 10.1. The van der Waals surface area contributed by atoms with Crippen molar-refractivity contribution in [3.63, 3.8) is 0 Å². The van der Waals surface area contributed by atoms with Gasteiger partial charge in [-0.05, 0) is 25.0 Å². The molecule has 1 spiro atoms. The third-order valence-corrected chi connectivity index (χ3v) is 6.58. The zero-order valence-corrected chi connectivity index (χ0v) is 16.5. The average Bonchev–Trinajstić information content (AvgIpc) is 2.88. The maximum absolute atomic E-state index is 12.9. The van der Waals surface area contributed by atoms with Gasteiger partial charge in [0.25, 0.3) is 5.91 Å². The molecule has 2 saturated heterocycles. The zero-order chi connectivity index (χ0) is 18.9. The minimum Gasteiger partial charge on any atom is -0.323 e. The minimum atomic E-state index is -0.603. The first-order valence-corrected chi connectivity index (χ1v) is 10.5. The van der Waals surface area contributed by atoms with Crippen LogP contribution in [0.15, 0.2) is 24.3 Å². The van der Waals surface area contributed by atoms with Crippen LogP contribution in [0.2, 0.25) is 5.02 Å². The fourth-order valence-electron chi connectivity index (χ4n) is 4.77. The van der Waals surface area contributed by atoms with Crippen molar-refractivity contribution in [1.82, 2.24) is 10.2 Å². The van der Waals surface area contributed by atoms with Crippen molar-refractivity contribution in [2.45, 2.75) is 44.2 Å². The van der Waals surface area contributed by atoms with Crippen molar-refractivity contribution in [3.8, 4) is 0 Å². The van der Waals surface area contributed by atoms with Gasteiger partial charge in [-0.25, -0.2) is 9.69 Å². The lowest BCUT2D eigenvalue weighted by molar-refractivity contribution is -1.02. The van der Waals surface area contributed by atoms with Crippen molar-refractivity contribution in [2.75, 3.05) is 32.8 Å². The maximum Gasteiger partial charge on any atom is 0.329 e. The number of hydrogen-bond donors (Lipinski definition) is 3. The number of nitrogens with one attached hydrogen (secondary N) is 3. The molecule has 1 aliphatic carbocycles. The number of urea groups is 1. The van der Waals surface area contributed by atoms with Crippen molar-refractivity contribution >= 4 is 23.5 Å². The molecule has 2 heterocycles. The van der Waals surface area contributed by atoms with Gasteiger partial charge in [0.05, 0.1) is 0 Å². The summed E-state index contributed by atoms with van der Waals surface area (Å²) in [5.74, 6) is 0.00778. The van der Waals surface area contributed by atoms with Crippen LogP contribution in [0.3, 0.4) is 0 Å². The van der Waals surface area contributed by atoms with Gasteiger partial charge in [-0.15, -0.1) is 0 Å². The molecule has 3 amide bonds. The number of carbonyl (C=O) groups is 2. The van der Waals surface area contributed by atoms with Crippen LogP contribution in [0.25, 0.3) is 0 Å². The molecule has 0 radical (unpaired) electrons. The van der Waals surface area contributed by atoms with Gasteiger partial charge in [-0.1, -0.05) is 43.0 Å². The monoisotopic (exact) mass is 392 g/mol. The molecular weight excluding hydrogens is 364 g/mol. The zero-order valence-electron chi connectivity index (χ0n) is 15.7. The Balaban J connectivity index is 1.30. The standard InChI is InChI=1S/C20H27ClN4O2/c21-17-6-4-5-16(13-17)14-23-9-11-24(12-10-23)15-25-18(26)20(22-19(25)27)7-2-1-3-8-20/h4-6,13H,1-3,7-12,14-15H2,(H,22,27)/p+2. The molecule has 7 heteroatoms. The molecule has 3 N–H and O–H groups in total. The predicted octanol–water partition coefficient (Wildman–Crippen LogP) is -0.164. The lowest BCUT2D eigenvalue weighted by Gasteiger charge is -2.32. The number of piperazine rings is 1. The Bertz CT molecular complexity index is 712. The molecule has 0 unspecified atom stereocenters. The number of hydrogen-bond acceptors (Lipinski definition) is 2. The van der Waals surface area contributed by atoms with Gasteiger partial charge in [-0.2, -0.15) is 0 Å². The summed E-state index contributed by atoms with van der Waals surface area (Å²) in [6.45, 7) is 5.49. The van der Waals surface area contributed by atoms with Gasteiger partial charge in [-0.3, -0.25) is 4.79 Å². The minimum absolute atomic E-state index is 0.00778. The largest absolute Gasteiger partial charge is 0.329 e. The molecule has 0 aromatic heterocycles. The number of nitrogens with zero attached hydrogens (tertiary/aromatic N) is 1. The Kier molecular flexibility index (Phi) is 5.39. The van der Waals surface area contributed by atoms with E-state index in [1.54, 1.807) is 0 Å². The first kappa shape index (κ1) is 18.7. The molecule has 6 nitrogen and oxygen atoms in total. The Labute approximate surface area is 165 Å². The van der Waals surface area contributed by atoms with Crippen LogP contribution in [0.4, 0.5) is 4.79 Å². The topological polar surface area (TPSA) is 58.3 Å². The van der Waals surface area contributed by atoms with E-state index in [0.717, 1.165) is 69.9 Å². The quantitative estimate of drug-likeness (QED) is 0.623.